The van der Waals surface area contributed by atoms with Gasteiger partial charge in [0.05, 0.1) is 15.6 Å². The molecule has 0 unspecified atom stereocenters. The number of rotatable bonds is 6. The maximum absolute atomic E-state index is 12.1. The minimum Gasteiger partial charge on any atom is -0.380 e. The van der Waals surface area contributed by atoms with E-state index in [-0.39, 0.29) is 4.90 Å². The Hall–Kier alpha value is -3.07. The molecule has 0 aliphatic carbocycles. The highest BCUT2D eigenvalue weighted by Crippen LogP contribution is 2.26. The van der Waals surface area contributed by atoms with Crippen molar-refractivity contribution in [3.05, 3.63) is 83.4 Å². The molecule has 7 nitrogen and oxygen atoms in total. The summed E-state index contributed by atoms with van der Waals surface area (Å²) in [5.74, 6) is 0. The zero-order valence-electron chi connectivity index (χ0n) is 15.2. The van der Waals surface area contributed by atoms with Gasteiger partial charge in [-0.3, -0.25) is 0 Å². The molecule has 150 valence electrons. The van der Waals surface area contributed by atoms with Gasteiger partial charge in [-0.05, 0) is 48.0 Å². The van der Waals surface area contributed by atoms with Gasteiger partial charge in [0.25, 0.3) is 0 Å². The van der Waals surface area contributed by atoms with Crippen molar-refractivity contribution in [2.75, 3.05) is 16.0 Å². The third kappa shape index (κ3) is 5.95. The molecule has 0 atom stereocenters. The molecule has 5 N–H and O–H groups in total. The van der Waals surface area contributed by atoms with E-state index in [1.165, 1.54) is 24.3 Å². The van der Waals surface area contributed by atoms with E-state index in [4.69, 9.17) is 16.7 Å². The van der Waals surface area contributed by atoms with Crippen LogP contribution in [-0.4, -0.2) is 14.4 Å². The molecule has 9 heteroatoms. The van der Waals surface area contributed by atoms with Crippen LogP contribution in [0.2, 0.25) is 5.02 Å². The number of anilines is 3. The van der Waals surface area contributed by atoms with Crippen LogP contribution in [0.4, 0.5) is 21.9 Å². The Kier molecular flexibility index (Phi) is 6.38. The third-order valence-electron chi connectivity index (χ3n) is 3.99. The predicted molar refractivity (Wildman–Crippen MR) is 116 cm³/mol. The summed E-state index contributed by atoms with van der Waals surface area (Å²) < 4.78 is 22.5. The van der Waals surface area contributed by atoms with E-state index in [1.54, 1.807) is 18.2 Å². The van der Waals surface area contributed by atoms with Crippen molar-refractivity contribution in [2.45, 2.75) is 11.4 Å². The standard InChI is InChI=1S/C20H19ClN4O3S/c21-18-12-16(8-11-19(18)23-13-14-4-2-1-3-5-14)25-20(26)24-15-6-9-17(10-7-15)29(22,27)28/h1-12,23H,13H2,(H2,22,27,28)(H2,24,25,26). The van der Waals surface area contributed by atoms with Crippen LogP contribution in [-0.2, 0) is 16.6 Å². The Labute approximate surface area is 173 Å². The Balaban J connectivity index is 1.58. The summed E-state index contributed by atoms with van der Waals surface area (Å²) in [5.41, 5.74) is 2.81. The molecule has 29 heavy (non-hydrogen) atoms. The lowest BCUT2D eigenvalue weighted by molar-refractivity contribution is 0.262. The van der Waals surface area contributed by atoms with Crippen LogP contribution in [0.3, 0.4) is 0 Å². The monoisotopic (exact) mass is 430 g/mol. The smallest absolute Gasteiger partial charge is 0.323 e. The maximum Gasteiger partial charge on any atom is 0.323 e. The van der Waals surface area contributed by atoms with Crippen molar-refractivity contribution in [3.8, 4) is 0 Å². The number of carbonyl (C=O) groups excluding carboxylic acids is 1. The molecule has 0 spiro atoms. The van der Waals surface area contributed by atoms with Crippen molar-refractivity contribution in [3.63, 3.8) is 0 Å². The largest absolute Gasteiger partial charge is 0.380 e. The number of urea groups is 1. The quantitative estimate of drug-likeness (QED) is 0.468. The molecule has 3 rings (SSSR count). The number of halogens is 1. The first-order chi connectivity index (χ1) is 13.8. The van der Waals surface area contributed by atoms with Gasteiger partial charge in [0.15, 0.2) is 0 Å². The van der Waals surface area contributed by atoms with Gasteiger partial charge >= 0.3 is 6.03 Å². The van der Waals surface area contributed by atoms with Gasteiger partial charge < -0.3 is 16.0 Å². The average molecular weight is 431 g/mol. The van der Waals surface area contributed by atoms with Crippen LogP contribution >= 0.6 is 11.6 Å². The topological polar surface area (TPSA) is 113 Å². The van der Waals surface area contributed by atoms with Gasteiger partial charge in [-0.25, -0.2) is 18.4 Å². The predicted octanol–water partition coefficient (Wildman–Crippen LogP) is 4.24. The van der Waals surface area contributed by atoms with Crippen LogP contribution in [0, 0.1) is 0 Å². The maximum atomic E-state index is 12.1. The molecule has 0 bridgehead atoms. The second-order valence-corrected chi connectivity index (χ2v) is 8.15. The van der Waals surface area contributed by atoms with Crippen molar-refractivity contribution < 1.29 is 13.2 Å². The van der Waals surface area contributed by atoms with Crippen LogP contribution in [0.15, 0.2) is 77.7 Å². The number of nitrogens with one attached hydrogen (secondary N) is 3. The van der Waals surface area contributed by atoms with Crippen molar-refractivity contribution in [2.24, 2.45) is 5.14 Å². The number of hydrogen-bond donors (Lipinski definition) is 4. The summed E-state index contributed by atoms with van der Waals surface area (Å²) in [6, 6.07) is 20.1. The number of carbonyl (C=O) groups is 1. The van der Waals surface area contributed by atoms with E-state index < -0.39 is 16.1 Å². The van der Waals surface area contributed by atoms with Gasteiger partial charge in [-0.15, -0.1) is 0 Å². The molecular weight excluding hydrogens is 412 g/mol. The Bertz CT molecular complexity index is 1100. The van der Waals surface area contributed by atoms with Gasteiger partial charge in [0.2, 0.25) is 10.0 Å². The SMILES string of the molecule is NS(=O)(=O)c1ccc(NC(=O)Nc2ccc(NCc3ccccc3)c(Cl)c2)cc1. The molecule has 0 aliphatic rings. The summed E-state index contributed by atoms with van der Waals surface area (Å²) in [7, 11) is -3.78. The minimum atomic E-state index is -3.78. The Morgan fingerprint density at radius 1 is 0.897 bits per heavy atom. The molecule has 0 aliphatic heterocycles. The molecule has 2 amide bonds. The van der Waals surface area contributed by atoms with Gasteiger partial charge in [-0.2, -0.15) is 0 Å². The van der Waals surface area contributed by atoms with Gasteiger partial charge in [-0.1, -0.05) is 41.9 Å². The van der Waals surface area contributed by atoms with Crippen LogP contribution in [0.25, 0.3) is 0 Å². The molecule has 0 saturated heterocycles. The van der Waals surface area contributed by atoms with Gasteiger partial charge in [0.1, 0.15) is 0 Å². The molecule has 0 saturated carbocycles. The number of nitrogens with two attached hydrogens (primary N) is 1. The molecule has 0 fully saturated rings. The fraction of sp³-hybridized carbons (Fsp3) is 0.0500. The summed E-state index contributed by atoms with van der Waals surface area (Å²) in [5, 5.41) is 14.0. The number of benzene rings is 3. The van der Waals surface area contributed by atoms with Crippen molar-refractivity contribution >= 4 is 44.7 Å². The Morgan fingerprint density at radius 3 is 2.14 bits per heavy atom. The zero-order chi connectivity index (χ0) is 20.9. The molecule has 3 aromatic carbocycles. The minimum absolute atomic E-state index is 0.0335. The number of amides is 2. The fourth-order valence-corrected chi connectivity index (χ4v) is 3.31. The highest BCUT2D eigenvalue weighted by molar-refractivity contribution is 7.89. The average Bonchev–Trinajstić information content (AvgIpc) is 2.68. The second kappa shape index (κ2) is 8.95. The van der Waals surface area contributed by atoms with Crippen LogP contribution < -0.4 is 21.1 Å². The molecular formula is C20H19ClN4O3S. The molecule has 0 heterocycles. The summed E-state index contributed by atoms with van der Waals surface area (Å²) in [6.45, 7) is 0.627. The first kappa shape index (κ1) is 20.7. The van der Waals surface area contributed by atoms with Crippen molar-refractivity contribution in [1.29, 1.82) is 0 Å². The lowest BCUT2D eigenvalue weighted by atomic mass is 10.2. The first-order valence-corrected chi connectivity index (χ1v) is 10.5. The normalized spacial score (nSPS) is 11.0. The van der Waals surface area contributed by atoms with Crippen LogP contribution in [0.5, 0.6) is 0 Å². The summed E-state index contributed by atoms with van der Waals surface area (Å²) in [4.78, 5) is 12.1. The van der Waals surface area contributed by atoms with E-state index in [0.717, 1.165) is 11.3 Å². The lowest BCUT2D eigenvalue weighted by Gasteiger charge is -2.12. The second-order valence-electron chi connectivity index (χ2n) is 6.18. The highest BCUT2D eigenvalue weighted by atomic mass is 35.5. The third-order valence-corrected chi connectivity index (χ3v) is 5.24. The highest BCUT2D eigenvalue weighted by Gasteiger charge is 2.09. The lowest BCUT2D eigenvalue weighted by Crippen LogP contribution is -2.19. The summed E-state index contributed by atoms with van der Waals surface area (Å²) in [6.07, 6.45) is 0. The van der Waals surface area contributed by atoms with Crippen LogP contribution in [0.1, 0.15) is 5.56 Å². The zero-order valence-corrected chi connectivity index (χ0v) is 16.8. The Morgan fingerprint density at radius 2 is 1.52 bits per heavy atom. The fourth-order valence-electron chi connectivity index (χ4n) is 2.55. The van der Waals surface area contributed by atoms with E-state index in [0.29, 0.717) is 22.9 Å². The van der Waals surface area contributed by atoms with E-state index >= 15 is 0 Å². The van der Waals surface area contributed by atoms with E-state index in [1.807, 2.05) is 30.3 Å². The van der Waals surface area contributed by atoms with E-state index in [9.17, 15) is 13.2 Å². The number of primary sulfonamides is 1. The molecule has 0 radical (unpaired) electrons. The molecule has 0 aromatic heterocycles. The van der Waals surface area contributed by atoms with Gasteiger partial charge in [0, 0.05) is 17.9 Å². The number of hydrogen-bond acceptors (Lipinski definition) is 4. The van der Waals surface area contributed by atoms with Crippen molar-refractivity contribution in [1.82, 2.24) is 0 Å². The van der Waals surface area contributed by atoms with E-state index in [2.05, 4.69) is 16.0 Å². The first-order valence-electron chi connectivity index (χ1n) is 8.59. The number of sulfonamides is 1. The summed E-state index contributed by atoms with van der Waals surface area (Å²) >= 11 is 6.30. The molecule has 3 aromatic rings.